The van der Waals surface area contributed by atoms with Crippen molar-refractivity contribution < 1.29 is 0 Å². The summed E-state index contributed by atoms with van der Waals surface area (Å²) in [5.74, 6) is 2.45. The monoisotopic (exact) mass is 379 g/mol. The fourth-order valence-corrected chi connectivity index (χ4v) is 5.75. The van der Waals surface area contributed by atoms with Crippen LogP contribution >= 0.6 is 0 Å². The molecule has 2 aliphatic carbocycles. The van der Waals surface area contributed by atoms with Gasteiger partial charge in [0, 0.05) is 0 Å². The summed E-state index contributed by atoms with van der Waals surface area (Å²) >= 11 is 0. The van der Waals surface area contributed by atoms with Gasteiger partial charge in [-0.05, 0) is 86.7 Å². The Morgan fingerprint density at radius 3 is 1.86 bits per heavy atom. The van der Waals surface area contributed by atoms with Crippen molar-refractivity contribution in [2.45, 2.75) is 116 Å². The Kier molecular flexibility index (Phi) is 8.01. The average Bonchev–Trinajstić information content (AvgIpc) is 2.77. The van der Waals surface area contributed by atoms with Gasteiger partial charge < -0.3 is 0 Å². The average molecular weight is 380 g/mol. The van der Waals surface area contributed by atoms with Crippen LogP contribution < -0.4 is 0 Å². The van der Waals surface area contributed by atoms with E-state index in [1.807, 2.05) is 0 Å². The van der Waals surface area contributed by atoms with E-state index >= 15 is 0 Å². The molecule has 1 aromatic rings. The van der Waals surface area contributed by atoms with Crippen LogP contribution in [0.1, 0.15) is 127 Å². The molecule has 3 rings (SSSR count). The van der Waals surface area contributed by atoms with Crippen LogP contribution in [0.25, 0.3) is 0 Å². The lowest BCUT2D eigenvalue weighted by Crippen LogP contribution is -2.25. The van der Waals surface area contributed by atoms with Gasteiger partial charge in [-0.3, -0.25) is 0 Å². The van der Waals surface area contributed by atoms with Gasteiger partial charge in [-0.25, -0.2) is 0 Å². The topological polar surface area (TPSA) is 23.8 Å². The molecular formula is C27H41N. The molecule has 154 valence electrons. The van der Waals surface area contributed by atoms with Crippen molar-refractivity contribution >= 4 is 0 Å². The molecule has 0 aliphatic heterocycles. The molecule has 2 fully saturated rings. The molecule has 0 spiro atoms. The van der Waals surface area contributed by atoms with E-state index in [0.29, 0.717) is 5.92 Å². The summed E-state index contributed by atoms with van der Waals surface area (Å²) in [4.78, 5) is 0. The Bertz CT molecular complexity index is 607. The van der Waals surface area contributed by atoms with E-state index in [9.17, 15) is 5.26 Å². The lowest BCUT2D eigenvalue weighted by atomic mass is 9.67. The maximum Gasteiger partial charge on any atom is 0.0689 e. The minimum absolute atomic E-state index is 0.0249. The Morgan fingerprint density at radius 2 is 1.36 bits per heavy atom. The van der Waals surface area contributed by atoms with E-state index < -0.39 is 0 Å². The third-order valence-electron chi connectivity index (χ3n) is 7.88. The van der Waals surface area contributed by atoms with Gasteiger partial charge in [0.05, 0.1) is 11.5 Å². The maximum atomic E-state index is 9.72. The number of hydrogen-bond acceptors (Lipinski definition) is 1. The molecule has 1 nitrogen and oxygen atoms in total. The first-order valence-electron chi connectivity index (χ1n) is 12.2. The number of rotatable bonds is 8. The summed E-state index contributed by atoms with van der Waals surface area (Å²) in [7, 11) is 0. The molecule has 1 aromatic carbocycles. The molecule has 0 atom stereocenters. The van der Waals surface area contributed by atoms with Crippen LogP contribution in [0.3, 0.4) is 0 Å². The molecule has 2 aliphatic rings. The summed E-state index contributed by atoms with van der Waals surface area (Å²) in [5, 5.41) is 9.72. The first kappa shape index (κ1) is 21.4. The highest BCUT2D eigenvalue weighted by atomic mass is 14.4. The summed E-state index contributed by atoms with van der Waals surface area (Å²) < 4.78 is 0. The van der Waals surface area contributed by atoms with Crippen molar-refractivity contribution in [2.75, 3.05) is 0 Å². The molecule has 28 heavy (non-hydrogen) atoms. The number of nitrogens with zero attached hydrogens (tertiary/aromatic N) is 1. The van der Waals surface area contributed by atoms with E-state index in [1.165, 1.54) is 76.2 Å². The van der Waals surface area contributed by atoms with Crippen LogP contribution in [0.15, 0.2) is 24.3 Å². The van der Waals surface area contributed by atoms with Gasteiger partial charge in [-0.1, -0.05) is 70.2 Å². The SMILES string of the molecule is CCCC[C@H]1CC[C@H](c2ccc([C@H]3CC[C@@](C#N)(CCCC)CC3)cc2)CC1. The third kappa shape index (κ3) is 5.40. The van der Waals surface area contributed by atoms with Crippen LogP contribution in [-0.2, 0) is 0 Å². The molecule has 0 bridgehead atoms. The van der Waals surface area contributed by atoms with E-state index in [2.05, 4.69) is 44.2 Å². The van der Waals surface area contributed by atoms with Crippen LogP contribution in [0, 0.1) is 22.7 Å². The van der Waals surface area contributed by atoms with Crippen LogP contribution in [-0.4, -0.2) is 0 Å². The van der Waals surface area contributed by atoms with Crippen LogP contribution in [0.4, 0.5) is 0 Å². The summed E-state index contributed by atoms with van der Waals surface area (Å²) in [6, 6.07) is 12.4. The van der Waals surface area contributed by atoms with E-state index in [0.717, 1.165) is 31.1 Å². The predicted octanol–water partition coefficient (Wildman–Crippen LogP) is 8.51. The molecule has 0 saturated heterocycles. The zero-order chi connectivity index (χ0) is 19.8. The Morgan fingerprint density at radius 1 is 0.821 bits per heavy atom. The lowest BCUT2D eigenvalue weighted by molar-refractivity contribution is 0.224. The minimum atomic E-state index is -0.0249. The molecule has 1 heteroatoms. The predicted molar refractivity (Wildman–Crippen MR) is 119 cm³/mol. The highest BCUT2D eigenvalue weighted by molar-refractivity contribution is 5.29. The number of unbranched alkanes of at least 4 members (excludes halogenated alkanes) is 2. The minimum Gasteiger partial charge on any atom is -0.198 e. The van der Waals surface area contributed by atoms with Crippen molar-refractivity contribution in [2.24, 2.45) is 11.3 Å². The number of benzene rings is 1. The quantitative estimate of drug-likeness (QED) is 0.444. The standard InChI is InChI=1S/C27H41N/c1-3-5-7-22-8-10-23(11-9-22)24-12-14-25(15-13-24)26-16-19-27(21-28,20-17-26)18-6-4-2/h12-15,22-23,26H,3-11,16-20H2,1-2H3/t22-,23-,26-,27-. The number of hydrogen-bond donors (Lipinski definition) is 0. The highest BCUT2D eigenvalue weighted by Crippen LogP contribution is 2.46. The largest absolute Gasteiger partial charge is 0.198 e. The molecule has 0 aromatic heterocycles. The zero-order valence-corrected chi connectivity index (χ0v) is 18.4. The Labute approximate surface area is 173 Å². The second kappa shape index (κ2) is 10.5. The van der Waals surface area contributed by atoms with Crippen LogP contribution in [0.5, 0.6) is 0 Å². The maximum absolute atomic E-state index is 9.72. The smallest absolute Gasteiger partial charge is 0.0689 e. The molecule has 0 unspecified atom stereocenters. The zero-order valence-electron chi connectivity index (χ0n) is 18.4. The van der Waals surface area contributed by atoms with Crippen molar-refractivity contribution in [1.82, 2.24) is 0 Å². The second-order valence-electron chi connectivity index (χ2n) is 9.80. The van der Waals surface area contributed by atoms with E-state index in [4.69, 9.17) is 0 Å². The van der Waals surface area contributed by atoms with Gasteiger partial charge in [-0.15, -0.1) is 0 Å². The van der Waals surface area contributed by atoms with Crippen LogP contribution in [0.2, 0.25) is 0 Å². The fraction of sp³-hybridized carbons (Fsp3) is 0.741. The lowest BCUT2D eigenvalue weighted by Gasteiger charge is -2.35. The van der Waals surface area contributed by atoms with Gasteiger partial charge >= 0.3 is 0 Å². The van der Waals surface area contributed by atoms with Gasteiger partial charge in [-0.2, -0.15) is 5.26 Å². The normalized spacial score (nSPS) is 30.7. The number of nitriles is 1. The summed E-state index contributed by atoms with van der Waals surface area (Å²) in [6.45, 7) is 4.54. The van der Waals surface area contributed by atoms with E-state index in [1.54, 1.807) is 5.56 Å². The second-order valence-corrected chi connectivity index (χ2v) is 9.80. The molecule has 0 amide bonds. The molecule has 0 radical (unpaired) electrons. The van der Waals surface area contributed by atoms with Gasteiger partial charge in [0.15, 0.2) is 0 Å². The summed E-state index contributed by atoms with van der Waals surface area (Å²) in [5.41, 5.74) is 3.06. The van der Waals surface area contributed by atoms with Crippen molar-refractivity contribution in [3.63, 3.8) is 0 Å². The molecule has 0 heterocycles. The van der Waals surface area contributed by atoms with Crippen molar-refractivity contribution in [1.29, 1.82) is 5.26 Å². The van der Waals surface area contributed by atoms with Crippen molar-refractivity contribution in [3.05, 3.63) is 35.4 Å². The summed E-state index contributed by atoms with van der Waals surface area (Å²) in [6.07, 6.45) is 17.9. The van der Waals surface area contributed by atoms with Gasteiger partial charge in [0.2, 0.25) is 0 Å². The van der Waals surface area contributed by atoms with Gasteiger partial charge in [0.25, 0.3) is 0 Å². The van der Waals surface area contributed by atoms with E-state index in [-0.39, 0.29) is 5.41 Å². The highest BCUT2D eigenvalue weighted by Gasteiger charge is 2.35. The van der Waals surface area contributed by atoms with Gasteiger partial charge in [0.1, 0.15) is 0 Å². The fourth-order valence-electron chi connectivity index (χ4n) is 5.75. The molecule has 0 N–H and O–H groups in total. The molecule has 2 saturated carbocycles. The molecular weight excluding hydrogens is 338 g/mol. The first-order valence-corrected chi connectivity index (χ1v) is 12.2. The first-order chi connectivity index (χ1) is 13.7. The Hall–Kier alpha value is -1.29. The third-order valence-corrected chi connectivity index (χ3v) is 7.88. The van der Waals surface area contributed by atoms with Crippen molar-refractivity contribution in [3.8, 4) is 6.07 Å². The Balaban J connectivity index is 1.51.